The zero-order valence-corrected chi connectivity index (χ0v) is 14.9. The molecule has 0 atom stereocenters. The van der Waals surface area contributed by atoms with Gasteiger partial charge in [0.05, 0.1) is 0 Å². The quantitative estimate of drug-likeness (QED) is 0.844. The van der Waals surface area contributed by atoms with E-state index in [9.17, 15) is 13.2 Å². The monoisotopic (exact) mass is 338 g/mol. The Morgan fingerprint density at radius 2 is 1.78 bits per heavy atom. The van der Waals surface area contributed by atoms with E-state index in [1.54, 1.807) is 0 Å². The van der Waals surface area contributed by atoms with Gasteiger partial charge >= 0.3 is 0 Å². The zero-order chi connectivity index (χ0) is 17.1. The number of carbonyl (C=O) groups excluding carboxylic acids is 1. The van der Waals surface area contributed by atoms with Gasteiger partial charge in [-0.25, -0.2) is 8.42 Å². The number of carbonyl (C=O) groups is 1. The summed E-state index contributed by atoms with van der Waals surface area (Å²) in [5.74, 6) is -0.354. The summed E-state index contributed by atoms with van der Waals surface area (Å²) < 4.78 is 23.1. The highest BCUT2D eigenvalue weighted by molar-refractivity contribution is 7.92. The standard InChI is InChI=1S/C17H26N2O3S/c1-13-5-4-6-14(2)15(13)7-10-19-16(20)17(23(3,21)22)8-11-18-12-9-17/h4-6,18H,7-12H2,1-3H3,(H,19,20). The van der Waals surface area contributed by atoms with Gasteiger partial charge in [-0.1, -0.05) is 18.2 Å². The van der Waals surface area contributed by atoms with Crippen molar-refractivity contribution in [2.45, 2.75) is 37.9 Å². The minimum Gasteiger partial charge on any atom is -0.354 e. The first-order chi connectivity index (χ1) is 10.8. The Morgan fingerprint density at radius 1 is 1.22 bits per heavy atom. The van der Waals surface area contributed by atoms with Crippen LogP contribution >= 0.6 is 0 Å². The van der Waals surface area contributed by atoms with Crippen molar-refractivity contribution in [3.8, 4) is 0 Å². The maximum atomic E-state index is 12.6. The molecule has 1 aromatic carbocycles. The summed E-state index contributed by atoms with van der Waals surface area (Å²) in [5.41, 5.74) is 3.60. The van der Waals surface area contributed by atoms with Crippen molar-refractivity contribution in [2.75, 3.05) is 25.9 Å². The number of sulfone groups is 1. The fourth-order valence-electron chi connectivity index (χ4n) is 3.30. The van der Waals surface area contributed by atoms with Crippen LogP contribution in [0.3, 0.4) is 0 Å². The summed E-state index contributed by atoms with van der Waals surface area (Å²) in [6, 6.07) is 6.12. The van der Waals surface area contributed by atoms with Gasteiger partial charge in [0.2, 0.25) is 5.91 Å². The molecule has 128 valence electrons. The van der Waals surface area contributed by atoms with Crippen LogP contribution < -0.4 is 10.6 Å². The second kappa shape index (κ2) is 7.01. The molecule has 0 aliphatic carbocycles. The van der Waals surface area contributed by atoms with Gasteiger partial charge < -0.3 is 10.6 Å². The van der Waals surface area contributed by atoms with E-state index >= 15 is 0 Å². The molecular weight excluding hydrogens is 312 g/mol. The van der Waals surface area contributed by atoms with Crippen LogP contribution in [-0.2, 0) is 21.1 Å². The van der Waals surface area contributed by atoms with E-state index in [2.05, 4.69) is 36.6 Å². The molecule has 1 aromatic rings. The van der Waals surface area contributed by atoms with E-state index < -0.39 is 14.6 Å². The molecule has 6 heteroatoms. The lowest BCUT2D eigenvalue weighted by molar-refractivity contribution is -0.124. The fraction of sp³-hybridized carbons (Fsp3) is 0.588. The minimum absolute atomic E-state index is 0.334. The second-order valence-electron chi connectivity index (χ2n) is 6.39. The molecule has 0 bridgehead atoms. The van der Waals surface area contributed by atoms with Crippen LogP contribution in [0.5, 0.6) is 0 Å². The molecule has 1 saturated heterocycles. The van der Waals surface area contributed by atoms with Gasteiger partial charge in [-0.3, -0.25) is 4.79 Å². The molecule has 2 N–H and O–H groups in total. The number of nitrogens with one attached hydrogen (secondary N) is 2. The van der Waals surface area contributed by atoms with E-state index in [0.717, 1.165) is 0 Å². The van der Waals surface area contributed by atoms with E-state index in [0.29, 0.717) is 38.9 Å². The SMILES string of the molecule is Cc1cccc(C)c1CCNC(=O)C1(S(C)(=O)=O)CCNCC1. The molecule has 1 amide bonds. The fourth-order valence-corrected chi connectivity index (χ4v) is 4.66. The van der Waals surface area contributed by atoms with Crippen LogP contribution in [0.15, 0.2) is 18.2 Å². The van der Waals surface area contributed by atoms with E-state index in [1.165, 1.54) is 22.9 Å². The Labute approximate surface area is 138 Å². The molecule has 5 nitrogen and oxygen atoms in total. The minimum atomic E-state index is -3.45. The van der Waals surface area contributed by atoms with Crippen molar-refractivity contribution in [3.63, 3.8) is 0 Å². The predicted octanol–water partition coefficient (Wildman–Crippen LogP) is 1.13. The van der Waals surface area contributed by atoms with Crippen molar-refractivity contribution in [2.24, 2.45) is 0 Å². The average molecular weight is 338 g/mol. The van der Waals surface area contributed by atoms with Gasteiger partial charge in [0.1, 0.15) is 0 Å². The average Bonchev–Trinajstić information content (AvgIpc) is 2.49. The summed E-state index contributed by atoms with van der Waals surface area (Å²) in [7, 11) is -3.45. The van der Waals surface area contributed by atoms with Crippen LogP contribution in [0.1, 0.15) is 29.5 Å². The molecule has 0 spiro atoms. The third kappa shape index (κ3) is 3.75. The first kappa shape index (κ1) is 17.9. The predicted molar refractivity (Wildman–Crippen MR) is 92.3 cm³/mol. The number of aryl methyl sites for hydroxylation is 2. The number of rotatable bonds is 5. The van der Waals surface area contributed by atoms with Crippen molar-refractivity contribution in [3.05, 3.63) is 34.9 Å². The topological polar surface area (TPSA) is 75.3 Å². The van der Waals surface area contributed by atoms with Crippen LogP contribution in [0, 0.1) is 13.8 Å². The molecule has 0 unspecified atom stereocenters. The second-order valence-corrected chi connectivity index (χ2v) is 8.72. The normalized spacial score (nSPS) is 17.7. The number of hydrogen-bond acceptors (Lipinski definition) is 4. The third-order valence-electron chi connectivity index (χ3n) is 4.84. The maximum Gasteiger partial charge on any atom is 0.241 e. The Balaban J connectivity index is 2.06. The Hall–Kier alpha value is -1.40. The molecule has 1 fully saturated rings. The van der Waals surface area contributed by atoms with Crippen LogP contribution in [-0.4, -0.2) is 45.0 Å². The van der Waals surface area contributed by atoms with Crippen LogP contribution in [0.4, 0.5) is 0 Å². The van der Waals surface area contributed by atoms with Gasteiger partial charge in [-0.15, -0.1) is 0 Å². The summed E-state index contributed by atoms with van der Waals surface area (Å²) >= 11 is 0. The van der Waals surface area contributed by atoms with Crippen molar-refractivity contribution < 1.29 is 13.2 Å². The van der Waals surface area contributed by atoms with Crippen LogP contribution in [0.2, 0.25) is 0 Å². The molecule has 1 aliphatic rings. The molecule has 2 rings (SSSR count). The summed E-state index contributed by atoms with van der Waals surface area (Å²) in [6.07, 6.45) is 2.55. The highest BCUT2D eigenvalue weighted by Gasteiger charge is 2.48. The summed E-state index contributed by atoms with van der Waals surface area (Å²) in [5, 5.41) is 5.98. The lowest BCUT2D eigenvalue weighted by Crippen LogP contribution is -2.57. The number of amides is 1. The maximum absolute atomic E-state index is 12.6. The molecule has 0 saturated carbocycles. The largest absolute Gasteiger partial charge is 0.354 e. The lowest BCUT2D eigenvalue weighted by atomic mass is 9.95. The smallest absolute Gasteiger partial charge is 0.241 e. The summed E-state index contributed by atoms with van der Waals surface area (Å²) in [6.45, 7) is 5.66. The Morgan fingerprint density at radius 3 is 2.30 bits per heavy atom. The number of hydrogen-bond donors (Lipinski definition) is 2. The Kier molecular flexibility index (Phi) is 5.47. The van der Waals surface area contributed by atoms with Gasteiger partial charge in [0.25, 0.3) is 0 Å². The van der Waals surface area contributed by atoms with E-state index in [-0.39, 0.29) is 5.91 Å². The number of piperidine rings is 1. The van der Waals surface area contributed by atoms with Crippen molar-refractivity contribution >= 4 is 15.7 Å². The van der Waals surface area contributed by atoms with Crippen LogP contribution in [0.25, 0.3) is 0 Å². The summed E-state index contributed by atoms with van der Waals surface area (Å²) in [4.78, 5) is 12.6. The first-order valence-electron chi connectivity index (χ1n) is 8.02. The van der Waals surface area contributed by atoms with E-state index in [4.69, 9.17) is 0 Å². The zero-order valence-electron chi connectivity index (χ0n) is 14.1. The molecule has 0 radical (unpaired) electrons. The van der Waals surface area contributed by atoms with E-state index in [1.807, 2.05) is 6.07 Å². The van der Waals surface area contributed by atoms with Gasteiger partial charge in [-0.05, 0) is 62.9 Å². The van der Waals surface area contributed by atoms with Gasteiger partial charge in [0.15, 0.2) is 14.6 Å². The van der Waals surface area contributed by atoms with Crippen molar-refractivity contribution in [1.29, 1.82) is 0 Å². The lowest BCUT2D eigenvalue weighted by Gasteiger charge is -2.34. The number of benzene rings is 1. The highest BCUT2D eigenvalue weighted by Crippen LogP contribution is 2.28. The molecular formula is C17H26N2O3S. The molecule has 23 heavy (non-hydrogen) atoms. The molecule has 1 heterocycles. The van der Waals surface area contributed by atoms with Crippen molar-refractivity contribution in [1.82, 2.24) is 10.6 Å². The third-order valence-corrected chi connectivity index (χ3v) is 6.85. The Bertz CT molecular complexity index is 657. The highest BCUT2D eigenvalue weighted by atomic mass is 32.2. The molecule has 1 aliphatic heterocycles. The van der Waals surface area contributed by atoms with Gasteiger partial charge in [0, 0.05) is 12.8 Å². The first-order valence-corrected chi connectivity index (χ1v) is 9.91. The van der Waals surface area contributed by atoms with Gasteiger partial charge in [-0.2, -0.15) is 0 Å². The molecule has 0 aromatic heterocycles.